The second-order valence-electron chi connectivity index (χ2n) is 9.83. The van der Waals surface area contributed by atoms with Crippen LogP contribution < -0.4 is 5.32 Å². The van der Waals surface area contributed by atoms with E-state index < -0.39 is 0 Å². The fourth-order valence-corrected chi connectivity index (χ4v) is 5.93. The Morgan fingerprint density at radius 3 is 2.45 bits per heavy atom. The summed E-state index contributed by atoms with van der Waals surface area (Å²) in [5.74, 6) is 0.685. The van der Waals surface area contributed by atoms with Gasteiger partial charge in [-0.2, -0.15) is 0 Å². The highest BCUT2D eigenvalue weighted by molar-refractivity contribution is 5.78. The maximum absolute atomic E-state index is 13.6. The molecule has 3 aliphatic rings. The number of pyridine rings is 1. The molecular formula is C26H34N4O. The summed E-state index contributed by atoms with van der Waals surface area (Å²) < 4.78 is 0. The largest absolute Gasteiger partial charge is 0.320 e. The molecule has 1 aromatic carbocycles. The third-order valence-corrected chi connectivity index (χ3v) is 8.16. The summed E-state index contributed by atoms with van der Waals surface area (Å²) in [7, 11) is 2.09. The van der Waals surface area contributed by atoms with Gasteiger partial charge in [0.05, 0.1) is 5.54 Å². The van der Waals surface area contributed by atoms with Crippen molar-refractivity contribution in [3.63, 3.8) is 0 Å². The van der Waals surface area contributed by atoms with Crippen molar-refractivity contribution in [2.75, 3.05) is 20.1 Å². The third kappa shape index (κ3) is 3.73. The molecule has 0 unspecified atom stereocenters. The molecule has 0 bridgehead atoms. The monoisotopic (exact) mass is 418 g/mol. The number of amides is 2. The van der Waals surface area contributed by atoms with Crippen LogP contribution >= 0.6 is 0 Å². The Bertz CT molecular complexity index is 888. The van der Waals surface area contributed by atoms with Gasteiger partial charge in [0.1, 0.15) is 0 Å². The molecule has 164 valence electrons. The second-order valence-corrected chi connectivity index (χ2v) is 9.83. The molecule has 0 radical (unpaired) electrons. The van der Waals surface area contributed by atoms with Gasteiger partial charge in [0, 0.05) is 37.6 Å². The van der Waals surface area contributed by atoms with Crippen molar-refractivity contribution in [1.29, 1.82) is 0 Å². The van der Waals surface area contributed by atoms with E-state index in [0.717, 1.165) is 44.3 Å². The number of carbonyl (C=O) groups excluding carboxylic acids is 1. The number of aromatic nitrogens is 1. The van der Waals surface area contributed by atoms with Crippen LogP contribution in [-0.4, -0.2) is 46.5 Å². The van der Waals surface area contributed by atoms with E-state index in [-0.39, 0.29) is 17.1 Å². The molecule has 1 aromatic heterocycles. The summed E-state index contributed by atoms with van der Waals surface area (Å²) in [5, 5.41) is 3.65. The molecule has 2 aliphatic carbocycles. The second kappa shape index (κ2) is 8.27. The predicted octanol–water partition coefficient (Wildman–Crippen LogP) is 4.55. The highest BCUT2D eigenvalue weighted by atomic mass is 16.2. The Kier molecular flexibility index (Phi) is 5.47. The highest BCUT2D eigenvalue weighted by Crippen LogP contribution is 2.47. The predicted molar refractivity (Wildman–Crippen MR) is 122 cm³/mol. The van der Waals surface area contributed by atoms with Crippen molar-refractivity contribution in [3.05, 3.63) is 66.0 Å². The zero-order valence-corrected chi connectivity index (χ0v) is 18.6. The van der Waals surface area contributed by atoms with Gasteiger partial charge in [-0.1, -0.05) is 42.8 Å². The van der Waals surface area contributed by atoms with Crippen molar-refractivity contribution >= 4 is 6.03 Å². The summed E-state index contributed by atoms with van der Waals surface area (Å²) >= 11 is 0. The summed E-state index contributed by atoms with van der Waals surface area (Å²) in [6, 6.07) is 15.1. The summed E-state index contributed by atoms with van der Waals surface area (Å²) in [6.07, 6.45) is 11.7. The van der Waals surface area contributed by atoms with E-state index >= 15 is 0 Å². The standard InChI is InChI=1S/C26H34N4O/c1-27-26(23-10-3-2-4-11-23)14-12-25(13-15-26)20-29(18-22-9-6-16-28-17-22)24(31)30(25)19-21-7-5-8-21/h2-4,6,9-11,16-17,21,27H,5,7-8,12-15,18-20H2,1H3/t25-,26-. The molecule has 0 atom stereocenters. The Morgan fingerprint density at radius 1 is 1.06 bits per heavy atom. The SMILES string of the molecule is CN[C@]1(c2ccccc2)CC[C@@]2(CC1)CN(Cc1cccnc1)C(=O)N2CC1CCC1. The Balaban J connectivity index is 1.38. The molecular weight excluding hydrogens is 384 g/mol. The number of benzene rings is 1. The number of nitrogens with one attached hydrogen (secondary N) is 1. The first-order valence-corrected chi connectivity index (χ1v) is 11.8. The molecule has 2 amide bonds. The van der Waals surface area contributed by atoms with Crippen molar-refractivity contribution in [3.8, 4) is 0 Å². The van der Waals surface area contributed by atoms with E-state index in [1.54, 1.807) is 6.20 Å². The molecule has 1 aliphatic heterocycles. The Morgan fingerprint density at radius 2 is 1.84 bits per heavy atom. The van der Waals surface area contributed by atoms with Crippen molar-refractivity contribution in [1.82, 2.24) is 20.1 Å². The first-order chi connectivity index (χ1) is 15.1. The van der Waals surface area contributed by atoms with Gasteiger partial charge in [-0.15, -0.1) is 0 Å². The summed E-state index contributed by atoms with van der Waals surface area (Å²) in [5.41, 5.74) is 2.45. The smallest absolute Gasteiger partial charge is 0.318 e. The third-order valence-electron chi connectivity index (χ3n) is 8.16. The molecule has 5 heteroatoms. The molecule has 2 saturated carbocycles. The van der Waals surface area contributed by atoms with Crippen LogP contribution in [0.4, 0.5) is 4.79 Å². The van der Waals surface area contributed by atoms with Gasteiger partial charge >= 0.3 is 6.03 Å². The van der Waals surface area contributed by atoms with Crippen LogP contribution in [0.25, 0.3) is 0 Å². The zero-order valence-electron chi connectivity index (χ0n) is 18.6. The van der Waals surface area contributed by atoms with Crippen molar-refractivity contribution in [2.45, 2.75) is 62.6 Å². The number of hydrogen-bond donors (Lipinski definition) is 1. The molecule has 2 aromatic rings. The van der Waals surface area contributed by atoms with Gasteiger partial charge in [0.25, 0.3) is 0 Å². The van der Waals surface area contributed by atoms with Gasteiger partial charge in [-0.3, -0.25) is 4.98 Å². The van der Waals surface area contributed by atoms with Crippen LogP contribution in [0.15, 0.2) is 54.9 Å². The van der Waals surface area contributed by atoms with Crippen LogP contribution in [0.3, 0.4) is 0 Å². The van der Waals surface area contributed by atoms with E-state index in [1.807, 2.05) is 12.3 Å². The quantitative estimate of drug-likeness (QED) is 0.749. The Labute approximate surface area is 185 Å². The van der Waals surface area contributed by atoms with Crippen LogP contribution in [0.2, 0.25) is 0 Å². The van der Waals surface area contributed by atoms with Crippen LogP contribution in [0.5, 0.6) is 0 Å². The minimum atomic E-state index is -0.0377. The lowest BCUT2D eigenvalue weighted by Crippen LogP contribution is -2.56. The molecule has 2 heterocycles. The number of urea groups is 1. The number of hydrogen-bond acceptors (Lipinski definition) is 3. The van der Waals surface area contributed by atoms with Crippen LogP contribution in [0, 0.1) is 5.92 Å². The van der Waals surface area contributed by atoms with Gasteiger partial charge in [0.15, 0.2) is 0 Å². The minimum Gasteiger partial charge on any atom is -0.318 e. The average molecular weight is 419 g/mol. The molecule has 5 nitrogen and oxygen atoms in total. The minimum absolute atomic E-state index is 0.00840. The lowest BCUT2D eigenvalue weighted by molar-refractivity contribution is 0.0584. The molecule has 1 spiro atoms. The zero-order chi connectivity index (χ0) is 21.3. The maximum atomic E-state index is 13.6. The average Bonchev–Trinajstić information content (AvgIpc) is 3.03. The van der Waals surface area contributed by atoms with E-state index in [9.17, 15) is 4.79 Å². The molecule has 1 N–H and O–H groups in total. The van der Waals surface area contributed by atoms with E-state index in [2.05, 4.69) is 63.5 Å². The molecule has 1 saturated heterocycles. The fraction of sp³-hybridized carbons (Fsp3) is 0.538. The van der Waals surface area contributed by atoms with Gasteiger partial charge in [-0.05, 0) is 68.7 Å². The fourth-order valence-electron chi connectivity index (χ4n) is 5.93. The normalized spacial score (nSPS) is 28.9. The van der Waals surface area contributed by atoms with Crippen molar-refractivity contribution in [2.24, 2.45) is 5.92 Å². The van der Waals surface area contributed by atoms with Gasteiger partial charge in [0.2, 0.25) is 0 Å². The van der Waals surface area contributed by atoms with Gasteiger partial charge in [-0.25, -0.2) is 4.79 Å². The van der Waals surface area contributed by atoms with E-state index in [1.165, 1.54) is 24.8 Å². The van der Waals surface area contributed by atoms with Crippen molar-refractivity contribution < 1.29 is 4.79 Å². The highest BCUT2D eigenvalue weighted by Gasteiger charge is 2.54. The molecule has 5 rings (SSSR count). The first kappa shape index (κ1) is 20.5. The maximum Gasteiger partial charge on any atom is 0.320 e. The lowest BCUT2D eigenvalue weighted by atomic mass is 9.68. The number of nitrogens with zero attached hydrogens (tertiary/aromatic N) is 3. The van der Waals surface area contributed by atoms with Crippen LogP contribution in [0.1, 0.15) is 56.1 Å². The van der Waals surface area contributed by atoms with Gasteiger partial charge < -0.3 is 15.1 Å². The first-order valence-electron chi connectivity index (χ1n) is 11.8. The van der Waals surface area contributed by atoms with E-state index in [4.69, 9.17) is 0 Å². The van der Waals surface area contributed by atoms with Crippen LogP contribution in [-0.2, 0) is 12.1 Å². The molecule has 31 heavy (non-hydrogen) atoms. The summed E-state index contributed by atoms with van der Waals surface area (Å²) in [6.45, 7) is 2.42. The number of rotatable bonds is 6. The van der Waals surface area contributed by atoms with E-state index in [0.29, 0.717) is 12.5 Å². The Hall–Kier alpha value is -2.40. The lowest BCUT2D eigenvalue weighted by Gasteiger charge is -2.49. The molecule has 3 fully saturated rings. The number of carbonyl (C=O) groups is 1. The summed E-state index contributed by atoms with van der Waals surface area (Å²) in [4.78, 5) is 22.2. The topological polar surface area (TPSA) is 48.5 Å².